The fourth-order valence-corrected chi connectivity index (χ4v) is 3.54. The first kappa shape index (κ1) is 32.0. The number of carbonyl (C=O) groups excluding carboxylic acids is 4. The zero-order valence-corrected chi connectivity index (χ0v) is 21.5. The number of hydrogen-bond donors (Lipinski definition) is 7. The standard InChI is InChI=1S/C25H37N5O8/c1-14(2)12-18(29-22(34)16(26)8-10-20(27)31)23(35)30-19(13-15-6-4-3-5-7-15)24(36)28-17(25(37)38)9-11-21(32)33/h3-7,14,16-19H,8-13,26H2,1-2H3,(H2,27,31)(H,28,36)(H,29,34)(H,30,35)(H,32,33)(H,37,38). The van der Waals surface area contributed by atoms with Gasteiger partial charge in [-0.15, -0.1) is 0 Å². The van der Waals surface area contributed by atoms with Crippen LogP contribution in [0.2, 0.25) is 0 Å². The minimum Gasteiger partial charge on any atom is -0.481 e. The van der Waals surface area contributed by atoms with Crippen molar-refractivity contribution in [3.8, 4) is 0 Å². The number of carboxylic acid groups (broad SMARTS) is 2. The third kappa shape index (κ3) is 12.3. The molecule has 210 valence electrons. The number of amides is 4. The van der Waals surface area contributed by atoms with Crippen molar-refractivity contribution in [1.29, 1.82) is 0 Å². The van der Waals surface area contributed by atoms with E-state index in [1.807, 2.05) is 13.8 Å². The molecule has 0 fully saturated rings. The van der Waals surface area contributed by atoms with E-state index < -0.39 is 66.2 Å². The number of carboxylic acids is 2. The molecule has 1 aromatic rings. The number of hydrogen-bond acceptors (Lipinski definition) is 7. The van der Waals surface area contributed by atoms with Gasteiger partial charge in [0.1, 0.15) is 18.1 Å². The lowest BCUT2D eigenvalue weighted by atomic mass is 10.00. The molecule has 4 atom stereocenters. The van der Waals surface area contributed by atoms with Gasteiger partial charge in [0.05, 0.1) is 6.04 Å². The summed E-state index contributed by atoms with van der Waals surface area (Å²) in [6, 6.07) is 3.79. The largest absolute Gasteiger partial charge is 0.481 e. The van der Waals surface area contributed by atoms with E-state index in [-0.39, 0.29) is 38.0 Å². The van der Waals surface area contributed by atoms with Crippen LogP contribution in [0.3, 0.4) is 0 Å². The van der Waals surface area contributed by atoms with Gasteiger partial charge in [-0.3, -0.25) is 24.0 Å². The number of nitrogens with two attached hydrogens (primary N) is 2. The zero-order chi connectivity index (χ0) is 28.8. The second-order valence-electron chi connectivity index (χ2n) is 9.38. The molecule has 4 unspecified atom stereocenters. The van der Waals surface area contributed by atoms with Crippen LogP contribution in [0.15, 0.2) is 30.3 Å². The smallest absolute Gasteiger partial charge is 0.326 e. The predicted octanol–water partition coefficient (Wildman–Crippen LogP) is -0.728. The van der Waals surface area contributed by atoms with E-state index in [2.05, 4.69) is 16.0 Å². The fraction of sp³-hybridized carbons (Fsp3) is 0.520. The van der Waals surface area contributed by atoms with Gasteiger partial charge in [-0.05, 0) is 30.7 Å². The lowest BCUT2D eigenvalue weighted by molar-refractivity contribution is -0.143. The minimum atomic E-state index is -1.48. The number of carbonyl (C=O) groups is 6. The van der Waals surface area contributed by atoms with Crippen molar-refractivity contribution in [2.24, 2.45) is 17.4 Å². The molecule has 0 aromatic heterocycles. The first-order chi connectivity index (χ1) is 17.8. The molecule has 0 aliphatic rings. The van der Waals surface area contributed by atoms with Crippen LogP contribution in [-0.2, 0) is 35.2 Å². The van der Waals surface area contributed by atoms with Gasteiger partial charge in [0.2, 0.25) is 23.6 Å². The van der Waals surface area contributed by atoms with Crippen LogP contribution in [0.4, 0.5) is 0 Å². The molecule has 0 aliphatic carbocycles. The summed E-state index contributed by atoms with van der Waals surface area (Å²) in [6.07, 6.45) is -0.742. The number of primary amides is 1. The zero-order valence-electron chi connectivity index (χ0n) is 21.5. The Labute approximate surface area is 220 Å². The molecule has 1 aromatic carbocycles. The Morgan fingerprint density at radius 2 is 1.34 bits per heavy atom. The summed E-state index contributed by atoms with van der Waals surface area (Å²) in [5.41, 5.74) is 11.6. The van der Waals surface area contributed by atoms with Crippen LogP contribution in [-0.4, -0.2) is 69.9 Å². The molecule has 0 saturated heterocycles. The third-order valence-electron chi connectivity index (χ3n) is 5.56. The molecule has 9 N–H and O–H groups in total. The topological polar surface area (TPSA) is 231 Å². The van der Waals surface area contributed by atoms with Crippen molar-refractivity contribution >= 4 is 35.6 Å². The molecular weight excluding hydrogens is 498 g/mol. The summed E-state index contributed by atoms with van der Waals surface area (Å²) in [7, 11) is 0. The van der Waals surface area contributed by atoms with E-state index in [1.54, 1.807) is 30.3 Å². The van der Waals surface area contributed by atoms with Gasteiger partial charge >= 0.3 is 11.9 Å². The van der Waals surface area contributed by atoms with E-state index in [4.69, 9.17) is 16.6 Å². The normalized spacial score (nSPS) is 14.0. The maximum atomic E-state index is 13.2. The highest BCUT2D eigenvalue weighted by Gasteiger charge is 2.31. The van der Waals surface area contributed by atoms with Crippen molar-refractivity contribution < 1.29 is 39.0 Å². The maximum absolute atomic E-state index is 13.2. The highest BCUT2D eigenvalue weighted by atomic mass is 16.4. The molecule has 1 rings (SSSR count). The molecule has 0 bridgehead atoms. The molecule has 4 amide bonds. The molecule has 38 heavy (non-hydrogen) atoms. The van der Waals surface area contributed by atoms with Gasteiger partial charge in [0.15, 0.2) is 0 Å². The third-order valence-corrected chi connectivity index (χ3v) is 5.56. The Bertz CT molecular complexity index is 985. The van der Waals surface area contributed by atoms with Crippen molar-refractivity contribution in [3.63, 3.8) is 0 Å². The SMILES string of the molecule is CC(C)CC(NC(=O)C(N)CCC(N)=O)C(=O)NC(Cc1ccccc1)C(=O)NC(CCC(=O)O)C(=O)O. The first-order valence-electron chi connectivity index (χ1n) is 12.2. The Kier molecular flexibility index (Phi) is 13.5. The van der Waals surface area contributed by atoms with E-state index in [9.17, 15) is 33.9 Å². The Balaban J connectivity index is 3.10. The van der Waals surface area contributed by atoms with E-state index in [0.717, 1.165) is 0 Å². The van der Waals surface area contributed by atoms with Crippen molar-refractivity contribution in [2.75, 3.05) is 0 Å². The highest BCUT2D eigenvalue weighted by molar-refractivity contribution is 5.94. The number of aliphatic carboxylic acids is 2. The van der Waals surface area contributed by atoms with Gasteiger partial charge in [-0.1, -0.05) is 44.2 Å². The second-order valence-corrected chi connectivity index (χ2v) is 9.38. The van der Waals surface area contributed by atoms with E-state index >= 15 is 0 Å². The lowest BCUT2D eigenvalue weighted by Crippen LogP contribution is -2.58. The average Bonchev–Trinajstić information content (AvgIpc) is 2.83. The lowest BCUT2D eigenvalue weighted by Gasteiger charge is -2.26. The summed E-state index contributed by atoms with van der Waals surface area (Å²) in [6.45, 7) is 3.65. The molecule has 13 nitrogen and oxygen atoms in total. The van der Waals surface area contributed by atoms with Crippen LogP contribution in [0.25, 0.3) is 0 Å². The first-order valence-corrected chi connectivity index (χ1v) is 12.2. The van der Waals surface area contributed by atoms with Crippen molar-refractivity contribution in [1.82, 2.24) is 16.0 Å². The van der Waals surface area contributed by atoms with Gasteiger partial charge in [-0.2, -0.15) is 0 Å². The fourth-order valence-electron chi connectivity index (χ4n) is 3.54. The molecule has 0 heterocycles. The van der Waals surface area contributed by atoms with Gasteiger partial charge in [0, 0.05) is 19.3 Å². The van der Waals surface area contributed by atoms with Gasteiger partial charge < -0.3 is 37.6 Å². The maximum Gasteiger partial charge on any atom is 0.326 e. The molecule has 0 radical (unpaired) electrons. The van der Waals surface area contributed by atoms with Crippen LogP contribution >= 0.6 is 0 Å². The molecule has 0 aliphatic heterocycles. The second kappa shape index (κ2) is 16.0. The Morgan fingerprint density at radius 3 is 1.87 bits per heavy atom. The summed E-state index contributed by atoms with van der Waals surface area (Å²) in [5.74, 6) is -5.49. The predicted molar refractivity (Wildman–Crippen MR) is 136 cm³/mol. The molecular formula is C25H37N5O8. The molecule has 0 spiro atoms. The quantitative estimate of drug-likeness (QED) is 0.133. The average molecular weight is 536 g/mol. The van der Waals surface area contributed by atoms with E-state index in [0.29, 0.717) is 5.56 Å². The van der Waals surface area contributed by atoms with Crippen LogP contribution in [0, 0.1) is 5.92 Å². The van der Waals surface area contributed by atoms with Crippen LogP contribution < -0.4 is 27.4 Å². The number of benzene rings is 1. The summed E-state index contributed by atoms with van der Waals surface area (Å²) < 4.78 is 0. The Morgan fingerprint density at radius 1 is 0.789 bits per heavy atom. The summed E-state index contributed by atoms with van der Waals surface area (Å²) >= 11 is 0. The highest BCUT2D eigenvalue weighted by Crippen LogP contribution is 2.09. The van der Waals surface area contributed by atoms with Crippen molar-refractivity contribution in [3.05, 3.63) is 35.9 Å². The molecule has 13 heteroatoms. The van der Waals surface area contributed by atoms with Gasteiger partial charge in [-0.25, -0.2) is 4.79 Å². The monoisotopic (exact) mass is 535 g/mol. The van der Waals surface area contributed by atoms with Crippen LogP contribution in [0.5, 0.6) is 0 Å². The molecule has 0 saturated carbocycles. The number of rotatable bonds is 17. The van der Waals surface area contributed by atoms with E-state index in [1.165, 1.54) is 0 Å². The summed E-state index contributed by atoms with van der Waals surface area (Å²) in [5, 5.41) is 25.7. The minimum absolute atomic E-state index is 0.00412. The van der Waals surface area contributed by atoms with Crippen molar-refractivity contribution in [2.45, 2.75) is 76.5 Å². The summed E-state index contributed by atoms with van der Waals surface area (Å²) in [4.78, 5) is 72.3. The van der Waals surface area contributed by atoms with Gasteiger partial charge in [0.25, 0.3) is 0 Å². The number of nitrogens with one attached hydrogen (secondary N) is 3. The van der Waals surface area contributed by atoms with Crippen LogP contribution in [0.1, 0.15) is 51.5 Å². The Hall–Kier alpha value is -4.00.